The van der Waals surface area contributed by atoms with Gasteiger partial charge in [-0.15, -0.1) is 12.4 Å². The molecule has 2 atom stereocenters. The summed E-state index contributed by atoms with van der Waals surface area (Å²) in [6.45, 7) is 2.53. The van der Waals surface area contributed by atoms with Gasteiger partial charge in [-0.2, -0.15) is 0 Å². The molecular weight excluding hydrogens is 208 g/mol. The molecule has 1 rings (SSSR count). The Labute approximate surface area is 89.3 Å². The maximum absolute atomic E-state index is 10.6. The van der Waals surface area contributed by atoms with Gasteiger partial charge < -0.3 is 20.8 Å². The van der Waals surface area contributed by atoms with Gasteiger partial charge >= 0.3 is 0 Å². The average molecular weight is 225 g/mol. The molecule has 5 nitrogen and oxygen atoms in total. The van der Waals surface area contributed by atoms with Gasteiger partial charge in [0, 0.05) is 20.0 Å². The summed E-state index contributed by atoms with van der Waals surface area (Å²) in [5, 5.41) is 24.8. The van der Waals surface area contributed by atoms with Crippen LogP contribution in [0.4, 0.5) is 0 Å². The summed E-state index contributed by atoms with van der Waals surface area (Å²) in [5.41, 5.74) is -1.17. The Balaban J connectivity index is 0.00000169. The number of aliphatic hydroxyl groups is 2. The second kappa shape index (κ2) is 5.50. The molecule has 0 aliphatic carbocycles. The van der Waals surface area contributed by atoms with Crippen molar-refractivity contribution in [3.63, 3.8) is 0 Å². The van der Waals surface area contributed by atoms with Gasteiger partial charge in [-0.25, -0.2) is 0 Å². The van der Waals surface area contributed by atoms with Crippen LogP contribution in [0.15, 0.2) is 0 Å². The van der Waals surface area contributed by atoms with Gasteiger partial charge in [0.15, 0.2) is 0 Å². The third-order valence-corrected chi connectivity index (χ3v) is 2.34. The molecule has 14 heavy (non-hydrogen) atoms. The predicted octanol–water partition coefficient (Wildman–Crippen LogP) is -1.37. The van der Waals surface area contributed by atoms with Crippen LogP contribution in [0.25, 0.3) is 0 Å². The third-order valence-electron chi connectivity index (χ3n) is 2.34. The number of carbonyl (C=O) groups is 1. The van der Waals surface area contributed by atoms with Crippen LogP contribution in [0.3, 0.4) is 0 Å². The van der Waals surface area contributed by atoms with Crippen LogP contribution in [0.1, 0.15) is 13.3 Å². The zero-order valence-corrected chi connectivity index (χ0v) is 8.93. The summed E-state index contributed by atoms with van der Waals surface area (Å²) in [6.07, 6.45) is -0.359. The standard InChI is InChI=1S/C8H16N2O3.ClH/c1-6(11)10-5-8(13)2-3-9-4-7(8)12;/h7,9,12-13H,2-5H2,1H3,(H,10,11);1H/t7-,8-;/m1./s1. The molecule has 0 spiro atoms. The van der Waals surface area contributed by atoms with E-state index in [9.17, 15) is 15.0 Å². The Morgan fingerprint density at radius 2 is 2.36 bits per heavy atom. The van der Waals surface area contributed by atoms with E-state index in [2.05, 4.69) is 10.6 Å². The normalized spacial score (nSPS) is 31.8. The molecule has 4 N–H and O–H groups in total. The number of amides is 1. The largest absolute Gasteiger partial charge is 0.389 e. The Morgan fingerprint density at radius 3 is 2.86 bits per heavy atom. The number of hydrogen-bond donors (Lipinski definition) is 4. The van der Waals surface area contributed by atoms with Gasteiger partial charge in [-0.05, 0) is 13.0 Å². The number of aliphatic hydroxyl groups excluding tert-OH is 1. The summed E-state index contributed by atoms with van der Waals surface area (Å²) >= 11 is 0. The minimum Gasteiger partial charge on any atom is -0.389 e. The van der Waals surface area contributed by atoms with E-state index in [-0.39, 0.29) is 24.9 Å². The number of halogens is 1. The lowest BCUT2D eigenvalue weighted by atomic mass is 9.89. The van der Waals surface area contributed by atoms with Crippen molar-refractivity contribution in [1.82, 2.24) is 10.6 Å². The molecule has 0 bridgehead atoms. The first-order chi connectivity index (χ1) is 6.04. The van der Waals surface area contributed by atoms with Gasteiger partial charge in [0.25, 0.3) is 0 Å². The lowest BCUT2D eigenvalue weighted by Gasteiger charge is -2.37. The number of carbonyl (C=O) groups excluding carboxylic acids is 1. The van der Waals surface area contributed by atoms with Gasteiger partial charge in [0.05, 0.1) is 6.10 Å². The van der Waals surface area contributed by atoms with Crippen molar-refractivity contribution < 1.29 is 15.0 Å². The number of hydrogen-bond acceptors (Lipinski definition) is 4. The van der Waals surface area contributed by atoms with Crippen molar-refractivity contribution in [3.8, 4) is 0 Å². The highest BCUT2D eigenvalue weighted by molar-refractivity contribution is 5.85. The topological polar surface area (TPSA) is 81.6 Å². The first-order valence-electron chi connectivity index (χ1n) is 4.40. The van der Waals surface area contributed by atoms with E-state index in [0.717, 1.165) is 0 Å². The van der Waals surface area contributed by atoms with Gasteiger partial charge in [0.1, 0.15) is 5.60 Å². The van der Waals surface area contributed by atoms with Crippen molar-refractivity contribution in [1.29, 1.82) is 0 Å². The zero-order valence-electron chi connectivity index (χ0n) is 8.12. The molecule has 1 aliphatic rings. The van der Waals surface area contributed by atoms with Gasteiger partial charge in [-0.1, -0.05) is 0 Å². The summed E-state index contributed by atoms with van der Waals surface area (Å²) < 4.78 is 0. The summed E-state index contributed by atoms with van der Waals surface area (Å²) in [6, 6.07) is 0. The van der Waals surface area contributed by atoms with E-state index < -0.39 is 11.7 Å². The molecule has 1 amide bonds. The van der Waals surface area contributed by atoms with E-state index in [1.807, 2.05) is 0 Å². The second-order valence-electron chi connectivity index (χ2n) is 3.48. The number of piperidine rings is 1. The molecule has 0 aromatic carbocycles. The van der Waals surface area contributed by atoms with E-state index >= 15 is 0 Å². The molecule has 1 fully saturated rings. The van der Waals surface area contributed by atoms with Crippen LogP contribution in [-0.4, -0.2) is 47.5 Å². The quantitative estimate of drug-likeness (QED) is 0.467. The smallest absolute Gasteiger partial charge is 0.216 e. The summed E-state index contributed by atoms with van der Waals surface area (Å²) in [7, 11) is 0. The first kappa shape index (κ1) is 13.6. The molecule has 0 aromatic heterocycles. The zero-order chi connectivity index (χ0) is 9.90. The Hall–Kier alpha value is -0.360. The van der Waals surface area contributed by atoms with E-state index in [1.165, 1.54) is 6.92 Å². The van der Waals surface area contributed by atoms with E-state index in [0.29, 0.717) is 19.5 Å². The van der Waals surface area contributed by atoms with Gasteiger partial charge in [0.2, 0.25) is 5.91 Å². The fourth-order valence-electron chi connectivity index (χ4n) is 1.38. The monoisotopic (exact) mass is 224 g/mol. The lowest BCUT2D eigenvalue weighted by Crippen LogP contribution is -2.59. The summed E-state index contributed by atoms with van der Waals surface area (Å²) in [4.78, 5) is 10.6. The van der Waals surface area contributed by atoms with E-state index in [1.54, 1.807) is 0 Å². The highest BCUT2D eigenvalue weighted by atomic mass is 35.5. The van der Waals surface area contributed by atoms with Crippen LogP contribution < -0.4 is 10.6 Å². The van der Waals surface area contributed by atoms with Crippen molar-refractivity contribution in [2.24, 2.45) is 0 Å². The highest BCUT2D eigenvalue weighted by Gasteiger charge is 2.37. The fourth-order valence-corrected chi connectivity index (χ4v) is 1.38. The van der Waals surface area contributed by atoms with Crippen LogP contribution in [0.5, 0.6) is 0 Å². The average Bonchev–Trinajstić information content (AvgIpc) is 2.07. The summed E-state index contributed by atoms with van der Waals surface area (Å²) in [5.74, 6) is -0.195. The predicted molar refractivity (Wildman–Crippen MR) is 54.4 cm³/mol. The van der Waals surface area contributed by atoms with Crippen LogP contribution in [0.2, 0.25) is 0 Å². The van der Waals surface area contributed by atoms with E-state index in [4.69, 9.17) is 0 Å². The Kier molecular flexibility index (Phi) is 5.36. The lowest BCUT2D eigenvalue weighted by molar-refractivity contribution is -0.124. The van der Waals surface area contributed by atoms with Crippen molar-refractivity contribution in [3.05, 3.63) is 0 Å². The Bertz CT molecular complexity index is 203. The number of rotatable bonds is 2. The maximum Gasteiger partial charge on any atom is 0.216 e. The SMILES string of the molecule is CC(=O)NC[C@]1(O)CCNC[C@H]1O.Cl. The molecule has 1 saturated heterocycles. The molecule has 0 aromatic rings. The minimum absolute atomic E-state index is 0. The molecule has 0 unspecified atom stereocenters. The highest BCUT2D eigenvalue weighted by Crippen LogP contribution is 2.17. The number of β-amino-alcohol motifs (C(OH)–C–C–N with tert-alkyl or cyclic N) is 1. The molecule has 0 radical (unpaired) electrons. The molecule has 6 heteroatoms. The van der Waals surface area contributed by atoms with Crippen LogP contribution in [0, 0.1) is 0 Å². The molecule has 0 saturated carbocycles. The molecule has 1 aliphatic heterocycles. The van der Waals surface area contributed by atoms with Crippen LogP contribution in [-0.2, 0) is 4.79 Å². The maximum atomic E-state index is 10.6. The van der Waals surface area contributed by atoms with Crippen LogP contribution >= 0.6 is 12.4 Å². The Morgan fingerprint density at radius 1 is 1.71 bits per heavy atom. The second-order valence-corrected chi connectivity index (χ2v) is 3.48. The molecular formula is C8H17ClN2O3. The molecule has 1 heterocycles. The van der Waals surface area contributed by atoms with Crippen molar-refractivity contribution in [2.75, 3.05) is 19.6 Å². The number of nitrogens with one attached hydrogen (secondary N) is 2. The fraction of sp³-hybridized carbons (Fsp3) is 0.875. The molecule has 84 valence electrons. The third kappa shape index (κ3) is 3.42. The first-order valence-corrected chi connectivity index (χ1v) is 4.40. The van der Waals surface area contributed by atoms with Crippen molar-refractivity contribution >= 4 is 18.3 Å². The van der Waals surface area contributed by atoms with Crippen molar-refractivity contribution in [2.45, 2.75) is 25.0 Å². The van der Waals surface area contributed by atoms with Gasteiger partial charge in [-0.3, -0.25) is 4.79 Å². The minimum atomic E-state index is -1.17.